The van der Waals surface area contributed by atoms with Crippen LogP contribution in [-0.4, -0.2) is 74.7 Å². The maximum absolute atomic E-state index is 12.3. The lowest BCUT2D eigenvalue weighted by molar-refractivity contribution is 0.100. The summed E-state index contributed by atoms with van der Waals surface area (Å²) in [6.45, 7) is 5.08. The number of fused-ring (bicyclic) bond motifs is 1. The Hall–Kier alpha value is -2.24. The van der Waals surface area contributed by atoms with Crippen molar-refractivity contribution in [2.75, 3.05) is 46.2 Å². The number of aromatic nitrogens is 1. The Labute approximate surface area is 211 Å². The van der Waals surface area contributed by atoms with Crippen molar-refractivity contribution in [2.24, 2.45) is 5.73 Å². The van der Waals surface area contributed by atoms with Crippen LogP contribution in [0.1, 0.15) is 46.5 Å². The number of primary amides is 1. The molecule has 1 aliphatic heterocycles. The molecule has 1 amide bonds. The number of carbonyl (C=O) groups is 1. The number of nitrogens with one attached hydrogen (secondary N) is 1. The van der Waals surface area contributed by atoms with Gasteiger partial charge in [-0.1, -0.05) is 0 Å². The molecule has 3 heterocycles. The minimum atomic E-state index is -3.17. The molecule has 2 aromatic heterocycles. The van der Waals surface area contributed by atoms with Crippen molar-refractivity contribution < 1.29 is 17.9 Å². The molecular weight excluding hydrogens is 484 g/mol. The van der Waals surface area contributed by atoms with Gasteiger partial charge in [-0.05, 0) is 73.0 Å². The van der Waals surface area contributed by atoms with E-state index in [0.29, 0.717) is 25.3 Å². The highest BCUT2D eigenvalue weighted by Gasteiger charge is 2.29. The van der Waals surface area contributed by atoms with Crippen molar-refractivity contribution >= 4 is 38.2 Å². The number of rotatable bonds is 10. The van der Waals surface area contributed by atoms with Gasteiger partial charge in [-0.2, -0.15) is 0 Å². The van der Waals surface area contributed by atoms with Crippen LogP contribution in [0.15, 0.2) is 29.8 Å². The Morgan fingerprint density at radius 3 is 2.66 bits per heavy atom. The van der Waals surface area contributed by atoms with Gasteiger partial charge in [0.2, 0.25) is 10.0 Å². The van der Waals surface area contributed by atoms with Gasteiger partial charge in [-0.15, -0.1) is 11.3 Å². The standard InChI is InChI=1S/C25H34N4O4S2/c1-4-35(31,32)29-7-5-17(6-8-29)23-14-27-24-21(23)12-18(13-22(24)25(26)30)19-11-20(34-16-19)15-28(2)9-10-33-3/h11-14,16-17,27H,4-10,15H2,1-3H3,(H2,26,30). The van der Waals surface area contributed by atoms with Crippen LogP contribution in [0.4, 0.5) is 0 Å². The molecule has 3 N–H and O–H groups in total. The lowest BCUT2D eigenvalue weighted by Gasteiger charge is -2.31. The summed E-state index contributed by atoms with van der Waals surface area (Å²) in [7, 11) is 0.598. The van der Waals surface area contributed by atoms with Crippen LogP contribution >= 0.6 is 11.3 Å². The third-order valence-corrected chi connectivity index (χ3v) is 9.63. The van der Waals surface area contributed by atoms with Gasteiger partial charge in [0, 0.05) is 49.7 Å². The molecule has 0 atom stereocenters. The van der Waals surface area contributed by atoms with Crippen molar-refractivity contribution in [3.05, 3.63) is 45.8 Å². The van der Waals surface area contributed by atoms with Gasteiger partial charge in [0.05, 0.1) is 23.4 Å². The molecule has 35 heavy (non-hydrogen) atoms. The average molecular weight is 519 g/mol. The number of nitrogens with zero attached hydrogens (tertiary/aromatic N) is 2. The number of hydrogen-bond acceptors (Lipinski definition) is 6. The van der Waals surface area contributed by atoms with Crippen molar-refractivity contribution in [1.82, 2.24) is 14.2 Å². The van der Waals surface area contributed by atoms with Crippen LogP contribution in [0.5, 0.6) is 0 Å². The average Bonchev–Trinajstić information content (AvgIpc) is 3.49. The fourth-order valence-electron chi connectivity index (χ4n) is 4.79. The van der Waals surface area contributed by atoms with Gasteiger partial charge in [0.25, 0.3) is 5.91 Å². The van der Waals surface area contributed by atoms with E-state index in [4.69, 9.17) is 10.5 Å². The summed E-state index contributed by atoms with van der Waals surface area (Å²) in [5, 5.41) is 3.10. The van der Waals surface area contributed by atoms with Gasteiger partial charge >= 0.3 is 0 Å². The molecule has 1 aliphatic rings. The Kier molecular flexibility index (Phi) is 7.97. The van der Waals surface area contributed by atoms with Gasteiger partial charge in [0.1, 0.15) is 0 Å². The van der Waals surface area contributed by atoms with Crippen molar-refractivity contribution in [1.29, 1.82) is 0 Å². The highest BCUT2D eigenvalue weighted by Crippen LogP contribution is 2.38. The number of benzene rings is 1. The van der Waals surface area contributed by atoms with E-state index in [9.17, 15) is 13.2 Å². The minimum absolute atomic E-state index is 0.126. The molecule has 0 bridgehead atoms. The fraction of sp³-hybridized carbons (Fsp3) is 0.480. The highest BCUT2D eigenvalue weighted by atomic mass is 32.2. The van der Waals surface area contributed by atoms with Crippen LogP contribution in [0.25, 0.3) is 22.0 Å². The first-order valence-electron chi connectivity index (χ1n) is 11.9. The van der Waals surface area contributed by atoms with Crippen LogP contribution in [0.2, 0.25) is 0 Å². The van der Waals surface area contributed by atoms with Crippen LogP contribution < -0.4 is 5.73 Å². The van der Waals surface area contributed by atoms with E-state index in [1.165, 1.54) is 4.88 Å². The first-order valence-corrected chi connectivity index (χ1v) is 14.4. The molecule has 1 fully saturated rings. The summed E-state index contributed by atoms with van der Waals surface area (Å²) >= 11 is 1.70. The minimum Gasteiger partial charge on any atom is -0.383 e. The maximum atomic E-state index is 12.3. The number of hydrogen-bond donors (Lipinski definition) is 2. The molecule has 0 aliphatic carbocycles. The van der Waals surface area contributed by atoms with Gasteiger partial charge in [-0.25, -0.2) is 12.7 Å². The lowest BCUT2D eigenvalue weighted by atomic mass is 9.88. The second kappa shape index (κ2) is 10.8. The molecule has 0 radical (unpaired) electrons. The van der Waals surface area contributed by atoms with Crippen LogP contribution in [0.3, 0.4) is 0 Å². The predicted octanol–water partition coefficient (Wildman–Crippen LogP) is 3.60. The summed E-state index contributed by atoms with van der Waals surface area (Å²) in [6.07, 6.45) is 3.46. The summed E-state index contributed by atoms with van der Waals surface area (Å²) in [5.74, 6) is -0.125. The molecule has 10 heteroatoms. The van der Waals surface area contributed by atoms with E-state index in [-0.39, 0.29) is 11.7 Å². The number of thiophene rings is 1. The zero-order valence-corrected chi connectivity index (χ0v) is 22.2. The Morgan fingerprint density at radius 1 is 1.26 bits per heavy atom. The van der Waals surface area contributed by atoms with Crippen molar-refractivity contribution in [3.8, 4) is 11.1 Å². The molecule has 1 saturated heterocycles. The van der Waals surface area contributed by atoms with E-state index in [2.05, 4.69) is 34.4 Å². The van der Waals surface area contributed by atoms with E-state index >= 15 is 0 Å². The Balaban J connectivity index is 1.63. The number of ether oxygens (including phenoxy) is 1. The monoisotopic (exact) mass is 518 g/mol. The van der Waals surface area contributed by atoms with E-state index in [1.54, 1.807) is 29.7 Å². The van der Waals surface area contributed by atoms with E-state index < -0.39 is 15.9 Å². The lowest BCUT2D eigenvalue weighted by Crippen LogP contribution is -2.38. The van der Waals surface area contributed by atoms with Gasteiger partial charge in [-0.3, -0.25) is 9.69 Å². The summed E-state index contributed by atoms with van der Waals surface area (Å²) in [5.41, 5.74) is 10.1. The molecule has 0 saturated carbocycles. The third-order valence-electron chi connectivity index (χ3n) is 6.83. The summed E-state index contributed by atoms with van der Waals surface area (Å²) in [4.78, 5) is 19.1. The smallest absolute Gasteiger partial charge is 0.250 e. The number of likely N-dealkylation sites (N-methyl/N-ethyl adjacent to an activating group) is 1. The molecule has 8 nitrogen and oxygen atoms in total. The van der Waals surface area contributed by atoms with E-state index in [0.717, 1.165) is 53.5 Å². The predicted molar refractivity (Wildman–Crippen MR) is 141 cm³/mol. The maximum Gasteiger partial charge on any atom is 0.250 e. The Morgan fingerprint density at radius 2 is 2.00 bits per heavy atom. The van der Waals surface area contributed by atoms with Crippen molar-refractivity contribution in [2.45, 2.75) is 32.2 Å². The Bertz CT molecular complexity index is 1290. The molecule has 190 valence electrons. The topological polar surface area (TPSA) is 109 Å². The zero-order chi connectivity index (χ0) is 25.2. The zero-order valence-electron chi connectivity index (χ0n) is 20.5. The quantitative estimate of drug-likeness (QED) is 0.426. The highest BCUT2D eigenvalue weighted by molar-refractivity contribution is 7.89. The number of nitrogens with two attached hydrogens (primary N) is 1. The normalized spacial score (nSPS) is 15.9. The number of H-pyrrole nitrogens is 1. The van der Waals surface area contributed by atoms with Crippen molar-refractivity contribution in [3.63, 3.8) is 0 Å². The van der Waals surface area contributed by atoms with Gasteiger partial charge < -0.3 is 15.5 Å². The van der Waals surface area contributed by atoms with Crippen LogP contribution in [-0.2, 0) is 21.3 Å². The fourth-order valence-corrected chi connectivity index (χ4v) is 6.89. The van der Waals surface area contributed by atoms with Crippen LogP contribution in [0, 0.1) is 0 Å². The second-order valence-electron chi connectivity index (χ2n) is 9.16. The van der Waals surface area contributed by atoms with Gasteiger partial charge in [0.15, 0.2) is 0 Å². The molecule has 4 rings (SSSR count). The molecular formula is C25H34N4O4S2. The molecule has 0 spiro atoms. The number of sulfonamides is 1. The summed E-state index contributed by atoms with van der Waals surface area (Å²) < 4.78 is 31.3. The number of methoxy groups -OCH3 is 1. The first kappa shape index (κ1) is 25.8. The largest absolute Gasteiger partial charge is 0.383 e. The number of amides is 1. The molecule has 3 aromatic rings. The second-order valence-corrected chi connectivity index (χ2v) is 12.4. The number of carbonyl (C=O) groups excluding carboxylic acids is 1. The number of aromatic amines is 1. The molecule has 0 unspecified atom stereocenters. The first-order chi connectivity index (χ1) is 16.7. The SMILES string of the molecule is CCS(=O)(=O)N1CCC(c2c[nH]c3c(C(N)=O)cc(-c4csc(CN(C)CCOC)c4)cc23)CC1. The molecule has 1 aromatic carbocycles. The summed E-state index contributed by atoms with van der Waals surface area (Å²) in [6, 6.07) is 6.16. The third kappa shape index (κ3) is 5.62. The van der Waals surface area contributed by atoms with E-state index in [1.807, 2.05) is 12.3 Å². The number of piperidine rings is 1.